The fourth-order valence-corrected chi connectivity index (χ4v) is 1.44. The van der Waals surface area contributed by atoms with Gasteiger partial charge in [-0.1, -0.05) is 13.8 Å². The monoisotopic (exact) mass is 250 g/mol. The van der Waals surface area contributed by atoms with Crippen molar-refractivity contribution in [2.75, 3.05) is 0 Å². The van der Waals surface area contributed by atoms with E-state index in [4.69, 9.17) is 0 Å². The summed E-state index contributed by atoms with van der Waals surface area (Å²) < 4.78 is 38.5. The molecule has 0 aliphatic carbocycles. The summed E-state index contributed by atoms with van der Waals surface area (Å²) in [5.41, 5.74) is -3.83. The van der Waals surface area contributed by atoms with E-state index in [1.54, 1.807) is 13.8 Å². The molecule has 0 bridgehead atoms. The molecule has 0 atom stereocenters. The third-order valence-electron chi connectivity index (χ3n) is 2.23. The van der Waals surface area contributed by atoms with Crippen LogP contribution in [0.3, 0.4) is 0 Å². The van der Waals surface area contributed by atoms with Crippen LogP contribution in [0.5, 0.6) is 0 Å². The lowest BCUT2D eigenvalue weighted by Crippen LogP contribution is -2.41. The predicted molar refractivity (Wildman–Crippen MR) is 55.9 cm³/mol. The quantitative estimate of drug-likeness (QED) is 0.809. The van der Waals surface area contributed by atoms with Gasteiger partial charge in [0.1, 0.15) is 5.69 Å². The highest BCUT2D eigenvalue weighted by Gasteiger charge is 2.35. The van der Waals surface area contributed by atoms with Crippen LogP contribution in [0.1, 0.15) is 25.1 Å². The molecular formula is C10H13F3N2O2. The molecule has 0 saturated heterocycles. The van der Waals surface area contributed by atoms with Gasteiger partial charge in [0.25, 0.3) is 0 Å². The third kappa shape index (κ3) is 2.78. The Balaban J connectivity index is 3.51. The number of rotatable bonds is 2. The molecule has 0 spiro atoms. The topological polar surface area (TPSA) is 54.9 Å². The van der Waals surface area contributed by atoms with Crippen LogP contribution in [-0.2, 0) is 12.7 Å². The molecule has 1 N–H and O–H groups in total. The lowest BCUT2D eigenvalue weighted by atomic mass is 10.2. The average molecular weight is 250 g/mol. The van der Waals surface area contributed by atoms with Crippen molar-refractivity contribution in [3.63, 3.8) is 0 Å². The number of aromatic amines is 1. The Morgan fingerprint density at radius 3 is 2.24 bits per heavy atom. The molecule has 4 nitrogen and oxygen atoms in total. The van der Waals surface area contributed by atoms with Crippen molar-refractivity contribution in [3.05, 3.63) is 31.8 Å². The molecule has 96 valence electrons. The van der Waals surface area contributed by atoms with Gasteiger partial charge in [-0.15, -0.1) is 0 Å². The van der Waals surface area contributed by atoms with Crippen LogP contribution in [0.2, 0.25) is 0 Å². The van der Waals surface area contributed by atoms with Gasteiger partial charge >= 0.3 is 11.7 Å². The summed E-state index contributed by atoms with van der Waals surface area (Å²) >= 11 is 0. The highest BCUT2D eigenvalue weighted by Crippen LogP contribution is 2.28. The predicted octanol–water partition coefficient (Wildman–Crippen LogP) is 1.52. The number of H-pyrrole nitrogens is 1. The zero-order valence-electron chi connectivity index (χ0n) is 9.68. The first-order valence-corrected chi connectivity index (χ1v) is 5.05. The summed E-state index contributed by atoms with van der Waals surface area (Å²) in [6.45, 7) is 4.50. The molecule has 0 unspecified atom stereocenters. The molecule has 17 heavy (non-hydrogen) atoms. The molecule has 1 rings (SSSR count). The van der Waals surface area contributed by atoms with Crippen molar-refractivity contribution in [3.8, 4) is 0 Å². The van der Waals surface area contributed by atoms with Crippen LogP contribution >= 0.6 is 0 Å². The van der Waals surface area contributed by atoms with E-state index >= 15 is 0 Å². The van der Waals surface area contributed by atoms with E-state index < -0.39 is 28.4 Å². The Hall–Kier alpha value is -1.53. The molecule has 0 aliphatic rings. The van der Waals surface area contributed by atoms with Crippen molar-refractivity contribution in [1.82, 2.24) is 9.78 Å². The zero-order valence-corrected chi connectivity index (χ0v) is 9.68. The van der Waals surface area contributed by atoms with Gasteiger partial charge in [0.05, 0.1) is 0 Å². The van der Waals surface area contributed by atoms with Gasteiger partial charge in [0.2, 0.25) is 5.43 Å². The maximum Gasteiger partial charge on any atom is 0.433 e. The van der Waals surface area contributed by atoms with Gasteiger partial charge in [-0.25, -0.2) is 4.68 Å². The molecule has 0 saturated carbocycles. The molecule has 7 heteroatoms. The van der Waals surface area contributed by atoms with Crippen LogP contribution in [0.4, 0.5) is 13.2 Å². The number of nitrogens with zero attached hydrogens (tertiary/aromatic N) is 1. The molecule has 0 fully saturated rings. The average Bonchev–Trinajstić information content (AvgIpc) is 2.16. The fraction of sp³-hybridized carbons (Fsp3) is 0.600. The molecule has 0 aliphatic heterocycles. The van der Waals surface area contributed by atoms with Crippen LogP contribution < -0.4 is 11.0 Å². The summed E-state index contributed by atoms with van der Waals surface area (Å²) in [6.07, 6.45) is -4.67. The molecule has 0 amide bonds. The second-order valence-corrected chi connectivity index (χ2v) is 4.25. The first-order chi connectivity index (χ1) is 7.64. The van der Waals surface area contributed by atoms with Crippen molar-refractivity contribution in [2.45, 2.75) is 33.5 Å². The van der Waals surface area contributed by atoms with E-state index in [0.717, 1.165) is 6.92 Å². The Bertz CT molecular complexity index is 526. The molecule has 1 heterocycles. The number of hydrogen-bond acceptors (Lipinski definition) is 2. The molecular weight excluding hydrogens is 237 g/mol. The maximum atomic E-state index is 12.6. The molecule has 1 aromatic rings. The molecule has 0 aromatic carbocycles. The van der Waals surface area contributed by atoms with E-state index in [-0.39, 0.29) is 12.5 Å². The van der Waals surface area contributed by atoms with E-state index in [9.17, 15) is 22.8 Å². The number of alkyl halides is 3. The van der Waals surface area contributed by atoms with Crippen LogP contribution in [0, 0.1) is 12.8 Å². The Morgan fingerprint density at radius 2 is 1.82 bits per heavy atom. The van der Waals surface area contributed by atoms with Crippen LogP contribution in [0.15, 0.2) is 9.59 Å². The van der Waals surface area contributed by atoms with Crippen LogP contribution in [-0.4, -0.2) is 9.78 Å². The van der Waals surface area contributed by atoms with Gasteiger partial charge < -0.3 is 0 Å². The number of aromatic nitrogens is 2. The first-order valence-electron chi connectivity index (χ1n) is 5.05. The second-order valence-electron chi connectivity index (χ2n) is 4.25. The third-order valence-corrected chi connectivity index (χ3v) is 2.23. The summed E-state index contributed by atoms with van der Waals surface area (Å²) in [5, 5.41) is 1.97. The van der Waals surface area contributed by atoms with Crippen molar-refractivity contribution >= 4 is 0 Å². The van der Waals surface area contributed by atoms with Gasteiger partial charge in [-0.05, 0) is 12.8 Å². The summed E-state index contributed by atoms with van der Waals surface area (Å²) in [6, 6.07) is 0. The minimum atomic E-state index is -4.67. The minimum absolute atomic E-state index is 0.0391. The standard InChI is InChI=1S/C10H13F3N2O2/c1-5(2)4-15-9(17)7(16)6(3)8(14-15)10(11,12)13/h5,14H,4H2,1-3H3. The van der Waals surface area contributed by atoms with E-state index in [1.165, 1.54) is 0 Å². The fourth-order valence-electron chi connectivity index (χ4n) is 1.44. The number of halogens is 3. The number of nitrogens with one attached hydrogen (secondary N) is 1. The summed E-state index contributed by atoms with van der Waals surface area (Å²) in [7, 11) is 0. The summed E-state index contributed by atoms with van der Waals surface area (Å²) in [4.78, 5) is 22.8. The first kappa shape index (κ1) is 13.5. The van der Waals surface area contributed by atoms with Gasteiger partial charge in [-0.3, -0.25) is 14.7 Å². The lowest BCUT2D eigenvalue weighted by Gasteiger charge is -2.14. The Kier molecular flexibility index (Phi) is 3.49. The highest BCUT2D eigenvalue weighted by molar-refractivity contribution is 5.18. The minimum Gasteiger partial charge on any atom is -0.291 e. The van der Waals surface area contributed by atoms with Gasteiger partial charge in [0.15, 0.2) is 0 Å². The smallest absolute Gasteiger partial charge is 0.291 e. The van der Waals surface area contributed by atoms with Crippen molar-refractivity contribution in [1.29, 1.82) is 0 Å². The Labute approximate surface area is 95.1 Å². The second kappa shape index (κ2) is 4.38. The van der Waals surface area contributed by atoms with Crippen LogP contribution in [0.25, 0.3) is 0 Å². The largest absolute Gasteiger partial charge is 0.433 e. The van der Waals surface area contributed by atoms with Gasteiger partial charge in [-0.2, -0.15) is 13.2 Å². The summed E-state index contributed by atoms with van der Waals surface area (Å²) in [5.74, 6) is -0.0489. The van der Waals surface area contributed by atoms with Gasteiger partial charge in [0, 0.05) is 12.1 Å². The normalized spacial score (nSPS) is 12.2. The highest BCUT2D eigenvalue weighted by atomic mass is 19.4. The Morgan fingerprint density at radius 1 is 1.29 bits per heavy atom. The zero-order chi connectivity index (χ0) is 13.4. The molecule has 1 aromatic heterocycles. The van der Waals surface area contributed by atoms with Crippen molar-refractivity contribution < 1.29 is 13.2 Å². The SMILES string of the molecule is Cc1c(C(F)(F)F)[nH]n(CC(C)C)c(=O)c1=O. The maximum absolute atomic E-state index is 12.6. The van der Waals surface area contributed by atoms with E-state index in [2.05, 4.69) is 0 Å². The van der Waals surface area contributed by atoms with E-state index in [1.807, 2.05) is 5.10 Å². The molecule has 0 radical (unpaired) electrons. The lowest BCUT2D eigenvalue weighted by molar-refractivity contribution is -0.143. The number of hydrogen-bond donors (Lipinski definition) is 1. The van der Waals surface area contributed by atoms with Crippen molar-refractivity contribution in [2.24, 2.45) is 5.92 Å². The van der Waals surface area contributed by atoms with E-state index in [0.29, 0.717) is 4.68 Å².